The highest BCUT2D eigenvalue weighted by Gasteiger charge is 2.28. The summed E-state index contributed by atoms with van der Waals surface area (Å²) in [7, 11) is 0. The van der Waals surface area contributed by atoms with Gasteiger partial charge >= 0.3 is 0 Å². The van der Waals surface area contributed by atoms with Crippen LogP contribution >= 0.6 is 0 Å². The molecule has 13 heavy (non-hydrogen) atoms. The van der Waals surface area contributed by atoms with Crippen LogP contribution in [0.1, 0.15) is 33.0 Å². The van der Waals surface area contributed by atoms with Crippen molar-refractivity contribution in [1.82, 2.24) is 20.2 Å². The Hall–Kier alpha value is -0.930. The van der Waals surface area contributed by atoms with Crippen molar-refractivity contribution >= 4 is 0 Å². The van der Waals surface area contributed by atoms with E-state index in [0.29, 0.717) is 11.3 Å². The Balaban J connectivity index is 2.33. The molecular weight excluding hydrogens is 164 g/mol. The summed E-state index contributed by atoms with van der Waals surface area (Å²) in [6.45, 7) is 7.77. The summed E-state index contributed by atoms with van der Waals surface area (Å²) in [4.78, 5) is 0. The van der Waals surface area contributed by atoms with Gasteiger partial charge in [-0.05, 0) is 28.2 Å². The molecule has 1 atom stereocenters. The van der Waals surface area contributed by atoms with Crippen molar-refractivity contribution in [2.45, 2.75) is 40.2 Å². The van der Waals surface area contributed by atoms with Crippen molar-refractivity contribution in [1.29, 1.82) is 0 Å². The molecule has 0 saturated heterocycles. The second kappa shape index (κ2) is 2.79. The van der Waals surface area contributed by atoms with Crippen molar-refractivity contribution in [3.8, 4) is 0 Å². The Kier molecular flexibility index (Phi) is 1.86. The number of hydrogen-bond acceptors (Lipinski definition) is 3. The van der Waals surface area contributed by atoms with Gasteiger partial charge < -0.3 is 0 Å². The highest BCUT2D eigenvalue weighted by molar-refractivity contribution is 4.90. The highest BCUT2D eigenvalue weighted by atomic mass is 15.5. The minimum absolute atomic E-state index is 0.319. The zero-order chi connectivity index (χ0) is 9.47. The third-order valence-electron chi connectivity index (χ3n) is 2.62. The van der Waals surface area contributed by atoms with E-state index in [1.165, 1.54) is 6.42 Å². The lowest BCUT2D eigenvalue weighted by atomic mass is 9.83. The monoisotopic (exact) mass is 180 g/mol. The summed E-state index contributed by atoms with van der Waals surface area (Å²) in [6.07, 6.45) is 2.24. The topological polar surface area (TPSA) is 43.6 Å². The van der Waals surface area contributed by atoms with Gasteiger partial charge in [0.2, 0.25) is 0 Å². The molecule has 0 radical (unpaired) electrons. The average Bonchev–Trinajstić information content (AvgIpc) is 2.30. The van der Waals surface area contributed by atoms with E-state index in [0.717, 1.165) is 18.8 Å². The van der Waals surface area contributed by atoms with Gasteiger partial charge in [0.05, 0.1) is 0 Å². The zero-order valence-electron chi connectivity index (χ0n) is 8.49. The van der Waals surface area contributed by atoms with Gasteiger partial charge in [-0.15, -0.1) is 5.10 Å². The molecule has 0 fully saturated rings. The van der Waals surface area contributed by atoms with E-state index in [1.807, 2.05) is 4.68 Å². The average molecular weight is 180 g/mol. The van der Waals surface area contributed by atoms with Crippen LogP contribution in [-0.4, -0.2) is 20.2 Å². The minimum atomic E-state index is 0.319. The molecule has 4 nitrogen and oxygen atoms in total. The SMILES string of the molecule is CC1Cc2nnnn2CC(C)(C)C1. The number of rotatable bonds is 0. The summed E-state index contributed by atoms with van der Waals surface area (Å²) in [5.74, 6) is 1.72. The molecule has 2 heterocycles. The number of fused-ring (bicyclic) bond motifs is 1. The maximum absolute atomic E-state index is 4.03. The zero-order valence-corrected chi connectivity index (χ0v) is 8.49. The van der Waals surface area contributed by atoms with Crippen LogP contribution in [0.25, 0.3) is 0 Å². The van der Waals surface area contributed by atoms with Crippen molar-refractivity contribution < 1.29 is 0 Å². The molecule has 1 aliphatic rings. The predicted octanol–water partition coefficient (Wildman–Crippen LogP) is 1.28. The van der Waals surface area contributed by atoms with Crippen molar-refractivity contribution in [2.24, 2.45) is 11.3 Å². The van der Waals surface area contributed by atoms with Crippen molar-refractivity contribution in [3.05, 3.63) is 5.82 Å². The summed E-state index contributed by atoms with van der Waals surface area (Å²) >= 11 is 0. The fraction of sp³-hybridized carbons (Fsp3) is 0.889. The standard InChI is InChI=1S/C9H16N4/c1-7-4-8-10-11-12-13(8)6-9(2,3)5-7/h7H,4-6H2,1-3H3. The van der Waals surface area contributed by atoms with Gasteiger partial charge in [0, 0.05) is 13.0 Å². The first kappa shape index (κ1) is 8.66. The Bertz CT molecular complexity index is 302. The Morgan fingerprint density at radius 1 is 1.46 bits per heavy atom. The smallest absolute Gasteiger partial charge is 0.151 e. The summed E-state index contributed by atoms with van der Waals surface area (Å²) in [5.41, 5.74) is 0.319. The molecular formula is C9H16N4. The van der Waals surface area contributed by atoms with E-state index >= 15 is 0 Å². The lowest BCUT2D eigenvalue weighted by Crippen LogP contribution is -2.20. The molecule has 0 aliphatic carbocycles. The molecule has 0 saturated carbocycles. The predicted molar refractivity (Wildman–Crippen MR) is 49.1 cm³/mol. The molecule has 1 aromatic heterocycles. The minimum Gasteiger partial charge on any atom is -0.229 e. The van der Waals surface area contributed by atoms with Gasteiger partial charge in [0.25, 0.3) is 0 Å². The van der Waals surface area contributed by atoms with E-state index in [9.17, 15) is 0 Å². The largest absolute Gasteiger partial charge is 0.229 e. The van der Waals surface area contributed by atoms with E-state index in [4.69, 9.17) is 0 Å². The Morgan fingerprint density at radius 2 is 2.23 bits per heavy atom. The van der Waals surface area contributed by atoms with Gasteiger partial charge in [-0.25, -0.2) is 4.68 Å². The summed E-state index contributed by atoms with van der Waals surface area (Å²) in [5, 5.41) is 11.7. The fourth-order valence-corrected chi connectivity index (χ4v) is 2.29. The van der Waals surface area contributed by atoms with Crippen LogP contribution in [-0.2, 0) is 13.0 Å². The Labute approximate surface area is 78.3 Å². The molecule has 4 heteroatoms. The molecule has 0 bridgehead atoms. The molecule has 0 aromatic carbocycles. The van der Waals surface area contributed by atoms with Crippen molar-refractivity contribution in [3.63, 3.8) is 0 Å². The highest BCUT2D eigenvalue weighted by Crippen LogP contribution is 2.31. The van der Waals surface area contributed by atoms with Crippen LogP contribution in [0.4, 0.5) is 0 Å². The van der Waals surface area contributed by atoms with Gasteiger partial charge in [-0.2, -0.15) is 0 Å². The number of tetrazole rings is 1. The quantitative estimate of drug-likeness (QED) is 0.604. The van der Waals surface area contributed by atoms with Crippen LogP contribution < -0.4 is 0 Å². The maximum atomic E-state index is 4.03. The van der Waals surface area contributed by atoms with E-state index < -0.39 is 0 Å². The number of nitrogens with zero attached hydrogens (tertiary/aromatic N) is 4. The molecule has 0 N–H and O–H groups in total. The molecule has 72 valence electrons. The van der Waals surface area contributed by atoms with Crippen LogP contribution in [0.2, 0.25) is 0 Å². The summed E-state index contributed by atoms with van der Waals surface area (Å²) < 4.78 is 1.95. The van der Waals surface area contributed by atoms with Crippen LogP contribution in [0.3, 0.4) is 0 Å². The van der Waals surface area contributed by atoms with Crippen LogP contribution in [0.15, 0.2) is 0 Å². The molecule has 0 amide bonds. The first-order chi connectivity index (χ1) is 6.07. The molecule has 0 spiro atoms. The van der Waals surface area contributed by atoms with E-state index in [2.05, 4.69) is 36.3 Å². The third-order valence-corrected chi connectivity index (χ3v) is 2.62. The lowest BCUT2D eigenvalue weighted by Gasteiger charge is -2.23. The molecule has 1 aliphatic heterocycles. The molecule has 1 aromatic rings. The first-order valence-corrected chi connectivity index (χ1v) is 4.82. The maximum Gasteiger partial charge on any atom is 0.151 e. The van der Waals surface area contributed by atoms with Gasteiger partial charge in [0.1, 0.15) is 0 Å². The second-order valence-corrected chi connectivity index (χ2v) is 4.93. The van der Waals surface area contributed by atoms with Crippen LogP contribution in [0, 0.1) is 11.3 Å². The molecule has 1 unspecified atom stereocenters. The van der Waals surface area contributed by atoms with Gasteiger partial charge in [0.15, 0.2) is 5.82 Å². The Morgan fingerprint density at radius 3 is 3.00 bits per heavy atom. The van der Waals surface area contributed by atoms with Gasteiger partial charge in [-0.3, -0.25) is 0 Å². The normalized spacial score (nSPS) is 26.5. The number of aromatic nitrogens is 4. The van der Waals surface area contributed by atoms with Gasteiger partial charge in [-0.1, -0.05) is 20.8 Å². The first-order valence-electron chi connectivity index (χ1n) is 4.82. The van der Waals surface area contributed by atoms with Crippen LogP contribution in [0.5, 0.6) is 0 Å². The molecule has 2 rings (SSSR count). The fourth-order valence-electron chi connectivity index (χ4n) is 2.29. The second-order valence-electron chi connectivity index (χ2n) is 4.93. The number of hydrogen-bond donors (Lipinski definition) is 0. The van der Waals surface area contributed by atoms with E-state index in [-0.39, 0.29) is 0 Å². The van der Waals surface area contributed by atoms with Crippen molar-refractivity contribution in [2.75, 3.05) is 0 Å². The van der Waals surface area contributed by atoms with E-state index in [1.54, 1.807) is 0 Å². The summed E-state index contributed by atoms with van der Waals surface area (Å²) in [6, 6.07) is 0. The lowest BCUT2D eigenvalue weighted by molar-refractivity contribution is 0.246. The third kappa shape index (κ3) is 1.71.